The summed E-state index contributed by atoms with van der Waals surface area (Å²) in [6, 6.07) is 9.73. The van der Waals surface area contributed by atoms with Crippen molar-refractivity contribution >= 4 is 22.8 Å². The van der Waals surface area contributed by atoms with Gasteiger partial charge >= 0.3 is 5.69 Å². The van der Waals surface area contributed by atoms with Gasteiger partial charge in [-0.1, -0.05) is 0 Å². The van der Waals surface area contributed by atoms with E-state index < -0.39 is 0 Å². The molecule has 0 radical (unpaired) electrons. The first-order valence-electron chi connectivity index (χ1n) is 6.88. The highest BCUT2D eigenvalue weighted by molar-refractivity contribution is 5.65. The molecule has 0 amide bonds. The lowest BCUT2D eigenvalue weighted by Crippen LogP contribution is -2.13. The molecule has 1 aliphatic heterocycles. The van der Waals surface area contributed by atoms with Crippen LogP contribution in [0.3, 0.4) is 0 Å². The van der Waals surface area contributed by atoms with Crippen LogP contribution in [0.25, 0.3) is 5.65 Å². The Hall–Kier alpha value is -2.83. The number of aromatic nitrogens is 4. The summed E-state index contributed by atoms with van der Waals surface area (Å²) in [4.78, 5) is 11.5. The van der Waals surface area contributed by atoms with Crippen LogP contribution in [-0.4, -0.2) is 26.4 Å². The molecule has 21 heavy (non-hydrogen) atoms. The second-order valence-electron chi connectivity index (χ2n) is 5.04. The maximum atomic E-state index is 11.5. The van der Waals surface area contributed by atoms with Crippen molar-refractivity contribution in [3.05, 3.63) is 46.4 Å². The van der Waals surface area contributed by atoms with Gasteiger partial charge in [-0.05, 0) is 48.7 Å². The number of fused-ring (bicyclic) bond motifs is 2. The van der Waals surface area contributed by atoms with Crippen molar-refractivity contribution < 1.29 is 0 Å². The summed E-state index contributed by atoms with van der Waals surface area (Å²) in [5, 5.41) is 17.0. The molecule has 0 spiro atoms. The fourth-order valence-electron chi connectivity index (χ4n) is 2.57. The number of hydrogen-bond acceptors (Lipinski definition) is 5. The summed E-state index contributed by atoms with van der Waals surface area (Å²) in [5.74, 6) is 0.606. The SMILES string of the molecule is O=c1[nH]nc2ccc(Nc3ccc4c(c3)CCCN4)nn12. The molecule has 0 unspecified atom stereocenters. The van der Waals surface area contributed by atoms with Crippen molar-refractivity contribution in [2.24, 2.45) is 0 Å². The second kappa shape index (κ2) is 4.62. The van der Waals surface area contributed by atoms with Crippen molar-refractivity contribution in [3.63, 3.8) is 0 Å². The van der Waals surface area contributed by atoms with Gasteiger partial charge < -0.3 is 10.6 Å². The fourth-order valence-corrected chi connectivity index (χ4v) is 2.57. The normalized spacial score (nSPS) is 13.7. The third-order valence-corrected chi connectivity index (χ3v) is 3.59. The minimum atomic E-state index is -0.344. The van der Waals surface area contributed by atoms with Crippen LogP contribution in [0.1, 0.15) is 12.0 Å². The molecule has 0 saturated carbocycles. The van der Waals surface area contributed by atoms with E-state index in [0.29, 0.717) is 11.5 Å². The number of rotatable bonds is 2. The number of anilines is 3. The van der Waals surface area contributed by atoms with Crippen LogP contribution in [0.15, 0.2) is 35.1 Å². The summed E-state index contributed by atoms with van der Waals surface area (Å²) in [6.45, 7) is 1.03. The van der Waals surface area contributed by atoms with E-state index in [-0.39, 0.29) is 5.69 Å². The van der Waals surface area contributed by atoms with E-state index in [1.165, 1.54) is 15.8 Å². The Bertz CT molecular complexity index is 865. The maximum absolute atomic E-state index is 11.5. The summed E-state index contributed by atoms with van der Waals surface area (Å²) in [5.41, 5.74) is 3.61. The molecule has 0 fully saturated rings. The lowest BCUT2D eigenvalue weighted by molar-refractivity contribution is 0.830. The smallest absolute Gasteiger partial charge is 0.364 e. The van der Waals surface area contributed by atoms with Gasteiger partial charge in [-0.2, -0.15) is 9.61 Å². The zero-order chi connectivity index (χ0) is 14.2. The minimum absolute atomic E-state index is 0.344. The largest absolute Gasteiger partial charge is 0.385 e. The van der Waals surface area contributed by atoms with E-state index in [2.05, 4.69) is 38.1 Å². The van der Waals surface area contributed by atoms with Crippen LogP contribution in [0.4, 0.5) is 17.2 Å². The average Bonchev–Trinajstić information content (AvgIpc) is 2.88. The minimum Gasteiger partial charge on any atom is -0.385 e. The molecule has 0 saturated heterocycles. The molecule has 2 aromatic heterocycles. The molecule has 4 rings (SSSR count). The van der Waals surface area contributed by atoms with E-state index in [4.69, 9.17) is 0 Å². The predicted molar refractivity (Wildman–Crippen MR) is 80.1 cm³/mol. The highest BCUT2D eigenvalue weighted by Gasteiger charge is 2.09. The molecule has 0 atom stereocenters. The first kappa shape index (κ1) is 12.0. The van der Waals surface area contributed by atoms with Gasteiger partial charge in [0.25, 0.3) is 0 Å². The molecular weight excluding hydrogens is 268 g/mol. The van der Waals surface area contributed by atoms with Crippen LogP contribution >= 0.6 is 0 Å². The quantitative estimate of drug-likeness (QED) is 0.663. The lowest BCUT2D eigenvalue weighted by atomic mass is 10.0. The number of H-pyrrole nitrogens is 1. The Balaban J connectivity index is 1.67. The van der Waals surface area contributed by atoms with Crippen LogP contribution < -0.4 is 16.3 Å². The van der Waals surface area contributed by atoms with Crippen molar-refractivity contribution in [2.45, 2.75) is 12.8 Å². The predicted octanol–water partition coefficient (Wildman–Crippen LogP) is 1.52. The average molecular weight is 282 g/mol. The molecular formula is C14H14N6O. The molecule has 7 nitrogen and oxygen atoms in total. The highest BCUT2D eigenvalue weighted by Crippen LogP contribution is 2.26. The lowest BCUT2D eigenvalue weighted by Gasteiger charge is -2.18. The summed E-state index contributed by atoms with van der Waals surface area (Å²) in [6.07, 6.45) is 2.22. The molecule has 3 aromatic rings. The van der Waals surface area contributed by atoms with E-state index in [1.54, 1.807) is 12.1 Å². The second-order valence-corrected chi connectivity index (χ2v) is 5.04. The topological polar surface area (TPSA) is 87.1 Å². The zero-order valence-electron chi connectivity index (χ0n) is 11.3. The van der Waals surface area contributed by atoms with E-state index in [9.17, 15) is 4.79 Å². The van der Waals surface area contributed by atoms with Gasteiger partial charge in [0.05, 0.1) is 0 Å². The fraction of sp³-hybridized carbons (Fsp3) is 0.214. The van der Waals surface area contributed by atoms with Gasteiger partial charge in [0.15, 0.2) is 11.5 Å². The van der Waals surface area contributed by atoms with Gasteiger partial charge in [0.1, 0.15) is 0 Å². The molecule has 1 aromatic carbocycles. The molecule has 1 aliphatic rings. The first-order valence-corrected chi connectivity index (χ1v) is 6.88. The van der Waals surface area contributed by atoms with Crippen LogP contribution in [0, 0.1) is 0 Å². The van der Waals surface area contributed by atoms with Crippen molar-refractivity contribution in [3.8, 4) is 0 Å². The summed E-state index contributed by atoms with van der Waals surface area (Å²) < 4.78 is 1.24. The van der Waals surface area contributed by atoms with Gasteiger partial charge in [0, 0.05) is 17.9 Å². The van der Waals surface area contributed by atoms with Crippen LogP contribution in [0.5, 0.6) is 0 Å². The van der Waals surface area contributed by atoms with E-state index in [0.717, 1.165) is 25.1 Å². The Labute approximate surface area is 120 Å². The Morgan fingerprint density at radius 1 is 1.24 bits per heavy atom. The highest BCUT2D eigenvalue weighted by atomic mass is 16.2. The van der Waals surface area contributed by atoms with Crippen LogP contribution in [-0.2, 0) is 6.42 Å². The van der Waals surface area contributed by atoms with Crippen molar-refractivity contribution in [1.29, 1.82) is 0 Å². The van der Waals surface area contributed by atoms with Gasteiger partial charge in [0.2, 0.25) is 0 Å². The Kier molecular flexibility index (Phi) is 2.63. The van der Waals surface area contributed by atoms with E-state index >= 15 is 0 Å². The third kappa shape index (κ3) is 2.12. The number of aryl methyl sites for hydroxylation is 1. The third-order valence-electron chi connectivity index (χ3n) is 3.59. The summed E-state index contributed by atoms with van der Waals surface area (Å²) >= 11 is 0. The zero-order valence-corrected chi connectivity index (χ0v) is 11.3. The monoisotopic (exact) mass is 282 g/mol. The van der Waals surface area contributed by atoms with Gasteiger partial charge in [-0.15, -0.1) is 5.10 Å². The molecule has 0 aliphatic carbocycles. The summed E-state index contributed by atoms with van der Waals surface area (Å²) in [7, 11) is 0. The number of hydrogen-bond donors (Lipinski definition) is 3. The Morgan fingerprint density at radius 3 is 3.14 bits per heavy atom. The number of nitrogens with one attached hydrogen (secondary N) is 3. The Morgan fingerprint density at radius 2 is 2.19 bits per heavy atom. The van der Waals surface area contributed by atoms with Gasteiger partial charge in [-0.3, -0.25) is 0 Å². The molecule has 3 N–H and O–H groups in total. The maximum Gasteiger partial charge on any atom is 0.364 e. The first-order chi connectivity index (χ1) is 10.3. The van der Waals surface area contributed by atoms with Crippen molar-refractivity contribution in [2.75, 3.05) is 17.2 Å². The number of aromatic amines is 1. The van der Waals surface area contributed by atoms with Crippen molar-refractivity contribution in [1.82, 2.24) is 19.8 Å². The molecule has 7 heteroatoms. The standard InChI is InChI=1S/C14H14N6O/c21-14-18-17-13-6-5-12(19-20(13)14)16-10-3-4-11-9(8-10)2-1-7-15-11/h3-6,8,15H,1-2,7H2,(H,16,19)(H,18,21). The van der Waals surface area contributed by atoms with E-state index in [1.807, 2.05) is 6.07 Å². The molecule has 106 valence electrons. The number of benzene rings is 1. The molecule has 0 bridgehead atoms. The van der Waals surface area contributed by atoms with Gasteiger partial charge in [-0.25, -0.2) is 9.89 Å². The van der Waals surface area contributed by atoms with Crippen LogP contribution in [0.2, 0.25) is 0 Å². The number of nitrogens with zero attached hydrogens (tertiary/aromatic N) is 3. The molecule has 3 heterocycles.